The van der Waals surface area contributed by atoms with Crippen molar-refractivity contribution in [3.63, 3.8) is 0 Å². The normalized spacial score (nSPS) is 10.4. The number of methoxy groups -OCH3 is 1. The number of hydrogen-bond acceptors (Lipinski definition) is 3. The van der Waals surface area contributed by atoms with Crippen LogP contribution < -0.4 is 0 Å². The van der Waals surface area contributed by atoms with Crippen molar-refractivity contribution in [3.8, 4) is 0 Å². The molecular weight excluding hydrogens is 190 g/mol. The molecule has 4 nitrogen and oxygen atoms in total. The molecule has 0 radical (unpaired) electrons. The Morgan fingerprint density at radius 3 is 2.62 bits per heavy atom. The molecule has 0 fully saturated rings. The summed E-state index contributed by atoms with van der Waals surface area (Å²) in [5, 5.41) is 14.9. The molecule has 0 bridgehead atoms. The van der Waals surface area contributed by atoms with Crippen LogP contribution in [0.2, 0.25) is 0 Å². The summed E-state index contributed by atoms with van der Waals surface area (Å²) in [5.41, 5.74) is 0. The van der Waals surface area contributed by atoms with Crippen LogP contribution in [0.5, 0.6) is 0 Å². The van der Waals surface area contributed by atoms with E-state index in [1.165, 1.54) is 12.0 Å². The van der Waals surface area contributed by atoms with Gasteiger partial charge < -0.3 is 9.64 Å². The van der Waals surface area contributed by atoms with Crippen LogP contribution in [0.25, 0.3) is 0 Å². The molecule has 0 atom stereocenters. The Labute approximate surface area is 83.2 Å². The van der Waals surface area contributed by atoms with Crippen molar-refractivity contribution in [1.29, 1.82) is 10.8 Å². The van der Waals surface area contributed by atoms with Gasteiger partial charge in [0.1, 0.15) is 18.3 Å². The maximum Gasteiger partial charge on any atom is 0.128 e. The lowest BCUT2D eigenvalue weighted by atomic mass is 10.4. The molecular formula is C8H14ClN3O. The second kappa shape index (κ2) is 6.62. The van der Waals surface area contributed by atoms with Crippen molar-refractivity contribution in [3.05, 3.63) is 12.2 Å². The van der Waals surface area contributed by atoms with Gasteiger partial charge in [-0.2, -0.15) is 0 Å². The number of likely N-dealkylation sites (N-methyl/N-ethyl adjacent to an activating group) is 1. The average Bonchev–Trinajstić information content (AvgIpc) is 2.13. The standard InChI is InChI=1S/C8H14ClN3O/c1-12(8(11)6-13-2)7(10)4-3-5-9/h3-4,10-11H,5-6H2,1-2H3/b4-3+,10-7?,11-8?. The molecule has 0 rings (SSSR count). The van der Waals surface area contributed by atoms with Crippen LogP contribution in [0.1, 0.15) is 0 Å². The molecule has 0 aromatic rings. The Kier molecular flexibility index (Phi) is 6.18. The van der Waals surface area contributed by atoms with Gasteiger partial charge in [0, 0.05) is 20.0 Å². The molecule has 0 aromatic heterocycles. The van der Waals surface area contributed by atoms with E-state index in [0.717, 1.165) is 0 Å². The lowest BCUT2D eigenvalue weighted by Crippen LogP contribution is -2.33. The molecule has 13 heavy (non-hydrogen) atoms. The monoisotopic (exact) mass is 203 g/mol. The topological polar surface area (TPSA) is 60.2 Å². The fourth-order valence-corrected chi connectivity index (χ4v) is 0.736. The number of halogens is 1. The lowest BCUT2D eigenvalue weighted by molar-refractivity contribution is 0.238. The van der Waals surface area contributed by atoms with Gasteiger partial charge in [0.05, 0.1) is 0 Å². The fraction of sp³-hybridized carbons (Fsp3) is 0.500. The molecule has 0 aliphatic heterocycles. The third kappa shape index (κ3) is 4.65. The summed E-state index contributed by atoms with van der Waals surface area (Å²) in [4.78, 5) is 1.42. The Hall–Kier alpha value is -0.870. The highest BCUT2D eigenvalue weighted by atomic mass is 35.5. The van der Waals surface area contributed by atoms with Crippen LogP contribution >= 0.6 is 11.6 Å². The summed E-state index contributed by atoms with van der Waals surface area (Å²) in [7, 11) is 3.16. The van der Waals surface area contributed by atoms with E-state index in [-0.39, 0.29) is 18.3 Å². The van der Waals surface area contributed by atoms with E-state index in [1.54, 1.807) is 19.2 Å². The van der Waals surface area contributed by atoms with Crippen molar-refractivity contribution in [2.75, 3.05) is 26.6 Å². The van der Waals surface area contributed by atoms with Gasteiger partial charge in [-0.3, -0.25) is 10.8 Å². The summed E-state index contributed by atoms with van der Waals surface area (Å²) >= 11 is 5.41. The van der Waals surface area contributed by atoms with Crippen molar-refractivity contribution in [2.24, 2.45) is 0 Å². The zero-order valence-corrected chi connectivity index (χ0v) is 8.56. The summed E-state index contributed by atoms with van der Waals surface area (Å²) in [5.74, 6) is 0.836. The first-order valence-corrected chi connectivity index (χ1v) is 4.28. The Bertz CT molecular complexity index is 215. The van der Waals surface area contributed by atoms with Crippen molar-refractivity contribution < 1.29 is 4.74 Å². The summed E-state index contributed by atoms with van der Waals surface area (Å²) in [6, 6.07) is 0. The summed E-state index contributed by atoms with van der Waals surface area (Å²) in [6.07, 6.45) is 3.21. The van der Waals surface area contributed by atoms with Gasteiger partial charge in [-0.15, -0.1) is 11.6 Å². The molecule has 0 spiro atoms. The van der Waals surface area contributed by atoms with Crippen molar-refractivity contribution >= 4 is 23.3 Å². The van der Waals surface area contributed by atoms with E-state index in [9.17, 15) is 0 Å². The zero-order valence-electron chi connectivity index (χ0n) is 7.80. The molecule has 0 saturated carbocycles. The van der Waals surface area contributed by atoms with Crippen LogP contribution in [-0.2, 0) is 4.74 Å². The maximum atomic E-state index is 7.49. The minimum Gasteiger partial charge on any atom is -0.377 e. The fourth-order valence-electron chi connectivity index (χ4n) is 0.647. The third-order valence-electron chi connectivity index (χ3n) is 1.41. The molecule has 0 saturated heterocycles. The molecule has 0 aliphatic carbocycles. The lowest BCUT2D eigenvalue weighted by Gasteiger charge is -2.17. The first kappa shape index (κ1) is 12.1. The van der Waals surface area contributed by atoms with Crippen LogP contribution in [0.15, 0.2) is 12.2 Å². The van der Waals surface area contributed by atoms with Gasteiger partial charge in [0.15, 0.2) is 0 Å². The van der Waals surface area contributed by atoms with E-state index < -0.39 is 0 Å². The van der Waals surface area contributed by atoms with Gasteiger partial charge in [0.25, 0.3) is 0 Å². The number of allylic oxidation sites excluding steroid dienone is 1. The highest BCUT2D eigenvalue weighted by Crippen LogP contribution is 1.91. The van der Waals surface area contributed by atoms with E-state index in [2.05, 4.69) is 0 Å². The number of nitrogens with one attached hydrogen (secondary N) is 2. The molecule has 0 aromatic carbocycles. The minimum atomic E-state index is 0.202. The second-order valence-electron chi connectivity index (χ2n) is 2.38. The quantitative estimate of drug-likeness (QED) is 0.411. The maximum absolute atomic E-state index is 7.49. The van der Waals surface area contributed by atoms with Crippen molar-refractivity contribution in [2.45, 2.75) is 0 Å². The number of amidine groups is 2. The van der Waals surface area contributed by atoms with Crippen LogP contribution in [0, 0.1) is 10.8 Å². The molecule has 0 heterocycles. The van der Waals surface area contributed by atoms with Crippen LogP contribution in [0.3, 0.4) is 0 Å². The SMILES string of the molecule is COCC(=N)N(C)C(=N)/C=C/CCl. The molecule has 5 heteroatoms. The third-order valence-corrected chi connectivity index (χ3v) is 1.59. The Morgan fingerprint density at radius 1 is 1.54 bits per heavy atom. The van der Waals surface area contributed by atoms with Gasteiger partial charge in [-0.1, -0.05) is 6.08 Å². The number of rotatable bonds is 4. The van der Waals surface area contributed by atoms with Gasteiger partial charge in [-0.25, -0.2) is 0 Å². The number of ether oxygens (including phenoxy) is 1. The summed E-state index contributed by atoms with van der Waals surface area (Å²) < 4.78 is 4.77. The summed E-state index contributed by atoms with van der Waals surface area (Å²) in [6.45, 7) is 0.202. The van der Waals surface area contributed by atoms with E-state index in [4.69, 9.17) is 27.2 Å². The first-order valence-electron chi connectivity index (χ1n) is 3.74. The average molecular weight is 204 g/mol. The molecule has 0 aliphatic rings. The largest absolute Gasteiger partial charge is 0.377 e. The predicted octanol–water partition coefficient (Wildman–Crippen LogP) is 1.31. The molecule has 74 valence electrons. The van der Waals surface area contributed by atoms with Gasteiger partial charge >= 0.3 is 0 Å². The highest BCUT2D eigenvalue weighted by molar-refractivity contribution is 6.19. The zero-order chi connectivity index (χ0) is 10.3. The van der Waals surface area contributed by atoms with E-state index in [0.29, 0.717) is 5.88 Å². The van der Waals surface area contributed by atoms with Gasteiger partial charge in [-0.05, 0) is 6.08 Å². The predicted molar refractivity (Wildman–Crippen MR) is 55.0 cm³/mol. The number of hydrogen-bond donors (Lipinski definition) is 2. The highest BCUT2D eigenvalue weighted by Gasteiger charge is 2.06. The second-order valence-corrected chi connectivity index (χ2v) is 2.69. The van der Waals surface area contributed by atoms with Crippen LogP contribution in [0.4, 0.5) is 0 Å². The molecule has 0 unspecified atom stereocenters. The number of alkyl halides is 1. The Morgan fingerprint density at radius 2 is 2.15 bits per heavy atom. The molecule has 0 amide bonds. The van der Waals surface area contributed by atoms with E-state index >= 15 is 0 Å². The van der Waals surface area contributed by atoms with Crippen LogP contribution in [-0.4, -0.2) is 43.2 Å². The van der Waals surface area contributed by atoms with Gasteiger partial charge in [0.2, 0.25) is 0 Å². The Balaban J connectivity index is 4.09. The smallest absolute Gasteiger partial charge is 0.128 e. The first-order chi connectivity index (χ1) is 6.13. The minimum absolute atomic E-state index is 0.202. The number of nitrogens with zero attached hydrogens (tertiary/aromatic N) is 1. The molecule has 2 N–H and O–H groups in total. The van der Waals surface area contributed by atoms with E-state index in [1.807, 2.05) is 0 Å². The van der Waals surface area contributed by atoms with Crippen molar-refractivity contribution in [1.82, 2.24) is 4.90 Å².